The monoisotopic (exact) mass is 540 g/mol. The van der Waals surface area contributed by atoms with Crippen molar-refractivity contribution in [2.45, 2.75) is 51.4 Å². The van der Waals surface area contributed by atoms with Gasteiger partial charge >= 0.3 is 0 Å². The summed E-state index contributed by atoms with van der Waals surface area (Å²) >= 11 is 0. The summed E-state index contributed by atoms with van der Waals surface area (Å²) in [6.07, 6.45) is 13.0. The molecule has 0 unspecified atom stereocenters. The van der Waals surface area contributed by atoms with Crippen molar-refractivity contribution in [2.24, 2.45) is 4.99 Å². The van der Waals surface area contributed by atoms with Gasteiger partial charge < -0.3 is 20.3 Å². The van der Waals surface area contributed by atoms with E-state index in [2.05, 4.69) is 22.5 Å². The molecule has 0 aromatic heterocycles. The average molecular weight is 541 g/mol. The van der Waals surface area contributed by atoms with Gasteiger partial charge in [-0.15, -0.1) is 0 Å². The second kappa shape index (κ2) is 15.0. The third kappa shape index (κ3) is 8.55. The van der Waals surface area contributed by atoms with E-state index in [1.54, 1.807) is 24.3 Å². The van der Waals surface area contributed by atoms with Crippen LogP contribution in [-0.4, -0.2) is 42.7 Å². The fourth-order valence-corrected chi connectivity index (χ4v) is 4.91. The molecular weight excluding hydrogens is 500 g/mol. The maximum absolute atomic E-state index is 12.3. The summed E-state index contributed by atoms with van der Waals surface area (Å²) in [7, 11) is 1.97. The molecule has 4 rings (SSSR count). The van der Waals surface area contributed by atoms with Crippen LogP contribution < -0.4 is 20.6 Å². The van der Waals surface area contributed by atoms with Gasteiger partial charge in [0.15, 0.2) is 17.3 Å². The summed E-state index contributed by atoms with van der Waals surface area (Å²) in [6.45, 7) is 2.12. The fraction of sp³-hybridized carbons (Fsp3) is 0.353. The first-order valence-electron chi connectivity index (χ1n) is 14.3. The maximum atomic E-state index is 12.3. The minimum Gasteiger partial charge on any atom is -0.508 e. The first-order valence-corrected chi connectivity index (χ1v) is 14.3. The van der Waals surface area contributed by atoms with E-state index in [1.165, 1.54) is 19.3 Å². The number of benzene rings is 3. The predicted octanol–water partition coefficient (Wildman–Crippen LogP) is 5.03. The Kier molecular flexibility index (Phi) is 10.9. The second-order valence-corrected chi connectivity index (χ2v) is 10.2. The number of allylic oxidation sites excluding steroid dienone is 2. The van der Waals surface area contributed by atoms with Crippen LogP contribution in [0, 0.1) is 0 Å². The zero-order valence-electron chi connectivity index (χ0n) is 23.4. The van der Waals surface area contributed by atoms with E-state index in [4.69, 9.17) is 4.74 Å². The number of nitrogens with zero attached hydrogens (tertiary/aromatic N) is 1. The third-order valence-corrected chi connectivity index (χ3v) is 7.17. The molecule has 0 fully saturated rings. The molecule has 3 aromatic rings. The van der Waals surface area contributed by atoms with Crippen LogP contribution in [0.5, 0.6) is 17.2 Å². The first kappa shape index (κ1) is 29.1. The largest absolute Gasteiger partial charge is 0.508 e. The van der Waals surface area contributed by atoms with Crippen molar-refractivity contribution in [3.05, 3.63) is 88.5 Å². The molecular formula is C34H40N2O4. The first-order chi connectivity index (χ1) is 19.5. The maximum Gasteiger partial charge on any atom is 0.161 e. The van der Waals surface area contributed by atoms with Gasteiger partial charge in [0.05, 0.1) is 18.5 Å². The molecule has 0 radical (unpaired) electrons. The molecule has 3 N–H and O–H groups in total. The van der Waals surface area contributed by atoms with Crippen molar-refractivity contribution in [1.29, 1.82) is 0 Å². The fourth-order valence-electron chi connectivity index (χ4n) is 4.91. The van der Waals surface area contributed by atoms with Crippen molar-refractivity contribution in [3.63, 3.8) is 0 Å². The number of hydrogen-bond acceptors (Lipinski definition) is 6. The van der Waals surface area contributed by atoms with Crippen molar-refractivity contribution in [2.75, 3.05) is 26.7 Å². The number of carbonyl (C=O) groups excluding carboxylic acids is 1. The van der Waals surface area contributed by atoms with Crippen LogP contribution in [0.2, 0.25) is 0 Å². The molecule has 6 heteroatoms. The van der Waals surface area contributed by atoms with Crippen LogP contribution in [-0.2, 0) is 17.6 Å². The van der Waals surface area contributed by atoms with Gasteiger partial charge in [-0.05, 0) is 109 Å². The molecule has 0 saturated heterocycles. The van der Waals surface area contributed by atoms with Crippen molar-refractivity contribution < 1.29 is 19.7 Å². The normalized spacial score (nSPS) is 12.2. The van der Waals surface area contributed by atoms with E-state index in [-0.39, 0.29) is 17.3 Å². The summed E-state index contributed by atoms with van der Waals surface area (Å²) in [5.41, 5.74) is 3.96. The number of nitrogens with one attached hydrogen (secondary N) is 1. The number of fused-ring (bicyclic) bond motifs is 1. The highest BCUT2D eigenvalue weighted by Crippen LogP contribution is 2.30. The summed E-state index contributed by atoms with van der Waals surface area (Å²) in [6, 6.07) is 16.8. The van der Waals surface area contributed by atoms with E-state index in [0.717, 1.165) is 52.2 Å². The number of carbonyl (C=O) groups is 1. The van der Waals surface area contributed by atoms with Crippen LogP contribution in [0.15, 0.2) is 71.7 Å². The standard InChI is InChI=1S/C34H40N2O4/c1-35-19-7-5-3-2-4-6-8-29(37)13-9-25-10-16-33(39)34(22-25)40-21-18-26-11-14-30(38)24-31(26)27-12-15-32-28(23-27)17-20-36-32/h6,8,10-12,14-17,22-24,35,38-39H,2-5,7,9,13,18-21H2,1H3. The van der Waals surface area contributed by atoms with Crippen molar-refractivity contribution in [3.8, 4) is 28.4 Å². The van der Waals surface area contributed by atoms with Crippen molar-refractivity contribution in [1.82, 2.24) is 5.32 Å². The molecule has 3 aromatic carbocycles. The number of ketones is 1. The summed E-state index contributed by atoms with van der Waals surface area (Å²) in [5.74, 6) is 0.813. The number of phenolic OH excluding ortho intramolecular Hbond substituents is 2. The Bertz CT molecular complexity index is 1440. The molecule has 0 saturated carbocycles. The predicted molar refractivity (Wildman–Crippen MR) is 160 cm³/mol. The van der Waals surface area contributed by atoms with E-state index in [0.29, 0.717) is 38.2 Å². The van der Waals surface area contributed by atoms with Crippen LogP contribution in [0.1, 0.15) is 49.7 Å². The molecule has 40 heavy (non-hydrogen) atoms. The lowest BCUT2D eigenvalue weighted by atomic mass is 9.97. The smallest absolute Gasteiger partial charge is 0.161 e. The lowest BCUT2D eigenvalue weighted by Gasteiger charge is -2.13. The van der Waals surface area contributed by atoms with Crippen LogP contribution in [0.25, 0.3) is 17.2 Å². The van der Waals surface area contributed by atoms with Crippen LogP contribution in [0.4, 0.5) is 0 Å². The molecule has 0 amide bonds. The van der Waals surface area contributed by atoms with Gasteiger partial charge in [-0.1, -0.05) is 43.2 Å². The average Bonchev–Trinajstić information content (AvgIpc) is 3.43. The highest BCUT2D eigenvalue weighted by Gasteiger charge is 2.10. The Morgan fingerprint density at radius 1 is 1.00 bits per heavy atom. The Labute approximate surface area is 236 Å². The Hall–Kier alpha value is -3.90. The van der Waals surface area contributed by atoms with Gasteiger partial charge in [0.25, 0.3) is 0 Å². The molecule has 210 valence electrons. The second-order valence-electron chi connectivity index (χ2n) is 10.2. The molecule has 0 bridgehead atoms. The summed E-state index contributed by atoms with van der Waals surface area (Å²) in [4.78, 5) is 16.8. The summed E-state index contributed by atoms with van der Waals surface area (Å²) in [5, 5.41) is 25.7. The zero-order chi connectivity index (χ0) is 28.2. The highest BCUT2D eigenvalue weighted by atomic mass is 16.5. The molecule has 0 atom stereocenters. The van der Waals surface area contributed by atoms with Gasteiger partial charge in [-0.25, -0.2) is 0 Å². The number of aromatic hydroxyl groups is 2. The number of rotatable bonds is 16. The Morgan fingerprint density at radius 3 is 2.75 bits per heavy atom. The number of hydrogen-bond donors (Lipinski definition) is 3. The van der Waals surface area contributed by atoms with Gasteiger partial charge in [0, 0.05) is 12.8 Å². The number of ether oxygens (including phenoxy) is 1. The summed E-state index contributed by atoms with van der Waals surface area (Å²) < 4.78 is 5.97. The number of unbranched alkanes of at least 4 members (excludes halogenated alkanes) is 4. The molecule has 1 aliphatic heterocycles. The zero-order valence-corrected chi connectivity index (χ0v) is 23.4. The lowest BCUT2D eigenvalue weighted by Crippen LogP contribution is -2.20. The van der Waals surface area contributed by atoms with E-state index >= 15 is 0 Å². The van der Waals surface area contributed by atoms with E-state index in [1.807, 2.05) is 43.5 Å². The van der Waals surface area contributed by atoms with E-state index < -0.39 is 0 Å². The quantitative estimate of drug-likeness (QED) is 0.175. The minimum atomic E-state index is 0.0773. The molecule has 1 heterocycles. The van der Waals surface area contributed by atoms with Crippen LogP contribution in [0.3, 0.4) is 0 Å². The van der Waals surface area contributed by atoms with Gasteiger partial charge in [-0.2, -0.15) is 0 Å². The van der Waals surface area contributed by atoms with Gasteiger partial charge in [0.1, 0.15) is 5.75 Å². The van der Waals surface area contributed by atoms with E-state index in [9.17, 15) is 15.0 Å². The number of phenols is 2. The van der Waals surface area contributed by atoms with Crippen LogP contribution >= 0.6 is 0 Å². The third-order valence-electron chi connectivity index (χ3n) is 7.17. The van der Waals surface area contributed by atoms with Crippen molar-refractivity contribution >= 4 is 11.9 Å². The molecule has 6 nitrogen and oxygen atoms in total. The molecule has 1 aliphatic rings. The lowest BCUT2D eigenvalue weighted by molar-refractivity contribution is -0.114. The molecule has 0 spiro atoms. The Balaban J connectivity index is 1.28. The van der Waals surface area contributed by atoms with Gasteiger partial charge in [0.2, 0.25) is 0 Å². The van der Waals surface area contributed by atoms with Gasteiger partial charge in [-0.3, -0.25) is 9.79 Å². The SMILES string of the molecule is CNCCCCCCC=CC(=O)CCc1ccc(O)c(OCCc2ccc(O)cc2-c2ccc3c(c2)=CCN=3)c1. The topological polar surface area (TPSA) is 91.2 Å². The Morgan fingerprint density at radius 2 is 1.88 bits per heavy atom. The number of aryl methyl sites for hydroxylation is 1. The molecule has 0 aliphatic carbocycles. The highest BCUT2D eigenvalue weighted by molar-refractivity contribution is 5.89. The minimum absolute atomic E-state index is 0.0773.